The van der Waals surface area contributed by atoms with Crippen LogP contribution in [0.5, 0.6) is 0 Å². The third-order valence-corrected chi connectivity index (χ3v) is 6.91. The van der Waals surface area contributed by atoms with Crippen molar-refractivity contribution < 1.29 is 9.90 Å². The molecular formula is C20H26N4O2. The maximum absolute atomic E-state index is 13.1. The van der Waals surface area contributed by atoms with Crippen LogP contribution in [0.4, 0.5) is 0 Å². The Bertz CT molecular complexity index is 827. The first-order valence-electron chi connectivity index (χ1n) is 9.71. The second kappa shape index (κ2) is 5.71. The van der Waals surface area contributed by atoms with E-state index in [-0.39, 0.29) is 11.9 Å². The minimum atomic E-state index is -0.494. The van der Waals surface area contributed by atoms with Gasteiger partial charge >= 0.3 is 0 Å². The molecule has 2 heterocycles. The van der Waals surface area contributed by atoms with Crippen LogP contribution in [0.1, 0.15) is 48.9 Å². The molecule has 1 amide bonds. The fourth-order valence-electron chi connectivity index (χ4n) is 5.92. The normalized spacial score (nSPS) is 35.5. The van der Waals surface area contributed by atoms with E-state index in [9.17, 15) is 9.90 Å². The summed E-state index contributed by atoms with van der Waals surface area (Å²) in [6.07, 6.45) is 11.4. The largest absolute Gasteiger partial charge is 0.390 e. The van der Waals surface area contributed by atoms with Gasteiger partial charge in [-0.3, -0.25) is 9.48 Å². The third-order valence-electron chi connectivity index (χ3n) is 6.91. The van der Waals surface area contributed by atoms with Crippen molar-refractivity contribution in [1.29, 1.82) is 0 Å². The Kier molecular flexibility index (Phi) is 3.54. The molecule has 138 valence electrons. The summed E-state index contributed by atoms with van der Waals surface area (Å²) in [5, 5.41) is 18.5. The first-order chi connectivity index (χ1) is 12.5. The highest BCUT2D eigenvalue weighted by molar-refractivity contribution is 5.97. The Morgan fingerprint density at radius 1 is 1.31 bits per heavy atom. The second-order valence-corrected chi connectivity index (χ2v) is 8.61. The maximum Gasteiger partial charge on any atom is 0.256 e. The Labute approximate surface area is 153 Å². The van der Waals surface area contributed by atoms with Crippen LogP contribution in [0.25, 0.3) is 5.82 Å². The van der Waals surface area contributed by atoms with Gasteiger partial charge in [-0.15, -0.1) is 0 Å². The minimum Gasteiger partial charge on any atom is -0.390 e. The molecule has 0 saturated heterocycles. The predicted octanol–water partition coefficient (Wildman–Crippen LogP) is 2.27. The fraction of sp³-hybridized carbons (Fsp3) is 0.600. The van der Waals surface area contributed by atoms with Crippen molar-refractivity contribution in [2.24, 2.45) is 24.8 Å². The first-order valence-corrected chi connectivity index (χ1v) is 9.71. The number of amides is 1. The zero-order chi connectivity index (χ0) is 17.9. The Morgan fingerprint density at radius 2 is 2.12 bits per heavy atom. The smallest absolute Gasteiger partial charge is 0.256 e. The van der Waals surface area contributed by atoms with Gasteiger partial charge in [0.2, 0.25) is 0 Å². The zero-order valence-electron chi connectivity index (χ0n) is 15.1. The van der Waals surface area contributed by atoms with E-state index < -0.39 is 5.60 Å². The van der Waals surface area contributed by atoms with Crippen LogP contribution in [0.2, 0.25) is 0 Å². The predicted molar refractivity (Wildman–Crippen MR) is 96.9 cm³/mol. The van der Waals surface area contributed by atoms with E-state index in [4.69, 9.17) is 0 Å². The van der Waals surface area contributed by atoms with Gasteiger partial charge in [-0.25, -0.2) is 0 Å². The van der Waals surface area contributed by atoms with Gasteiger partial charge in [0.15, 0.2) is 0 Å². The quantitative estimate of drug-likeness (QED) is 0.888. The first kappa shape index (κ1) is 16.1. The highest BCUT2D eigenvalue weighted by atomic mass is 16.3. The summed E-state index contributed by atoms with van der Waals surface area (Å²) in [5.41, 5.74) is 0.109. The molecule has 6 heteroatoms. The maximum atomic E-state index is 13.1. The lowest BCUT2D eigenvalue weighted by atomic mass is 9.76. The van der Waals surface area contributed by atoms with Gasteiger partial charge in [-0.2, -0.15) is 5.10 Å². The lowest BCUT2D eigenvalue weighted by Gasteiger charge is -2.35. The summed E-state index contributed by atoms with van der Waals surface area (Å²) in [7, 11) is 1.85. The zero-order valence-corrected chi connectivity index (χ0v) is 15.1. The Morgan fingerprint density at radius 3 is 2.92 bits per heavy atom. The van der Waals surface area contributed by atoms with Gasteiger partial charge in [0, 0.05) is 25.5 Å². The lowest BCUT2D eigenvalue weighted by molar-refractivity contribution is -0.0247. The molecule has 5 unspecified atom stereocenters. The van der Waals surface area contributed by atoms with Crippen LogP contribution >= 0.6 is 0 Å². The summed E-state index contributed by atoms with van der Waals surface area (Å²) in [4.78, 5) is 13.1. The van der Waals surface area contributed by atoms with Crippen LogP contribution in [0.3, 0.4) is 0 Å². The number of aromatic nitrogens is 3. The molecule has 3 aliphatic rings. The summed E-state index contributed by atoms with van der Waals surface area (Å²) in [6, 6.07) is 4.04. The van der Waals surface area contributed by atoms with Crippen molar-refractivity contribution in [3.63, 3.8) is 0 Å². The molecule has 26 heavy (non-hydrogen) atoms. The molecular weight excluding hydrogens is 328 g/mol. The summed E-state index contributed by atoms with van der Waals surface area (Å²) < 4.78 is 3.66. The standard InChI is InChI=1S/C20H26N4O2/c1-23-19(24-6-2-3-7-24)16(12-21-23)18(25)22-17-4-5-20(26)10-13-8-14(11-20)15(17)9-13/h2-3,6-7,12-15,17,26H,4-5,8-11H2,1H3,(H,22,25). The highest BCUT2D eigenvalue weighted by Gasteiger charge is 2.52. The lowest BCUT2D eigenvalue weighted by Crippen LogP contribution is -2.41. The van der Waals surface area contributed by atoms with E-state index in [1.165, 1.54) is 6.42 Å². The van der Waals surface area contributed by atoms with Crippen molar-refractivity contribution in [1.82, 2.24) is 19.7 Å². The monoisotopic (exact) mass is 354 g/mol. The molecule has 6 nitrogen and oxygen atoms in total. The van der Waals surface area contributed by atoms with E-state index >= 15 is 0 Å². The molecule has 0 spiro atoms. The van der Waals surface area contributed by atoms with E-state index in [1.54, 1.807) is 10.9 Å². The van der Waals surface area contributed by atoms with Gasteiger partial charge in [0.05, 0.1) is 11.8 Å². The number of hydrogen-bond donors (Lipinski definition) is 2. The van der Waals surface area contributed by atoms with E-state index in [0.29, 0.717) is 23.3 Å². The highest BCUT2D eigenvalue weighted by Crippen LogP contribution is 2.55. The SMILES string of the molecule is Cn1ncc(C(=O)NC2CCC3(O)CC4CC(C3)C2C4)c1-n1cccc1. The number of aliphatic hydroxyl groups is 1. The molecule has 0 radical (unpaired) electrons. The summed E-state index contributed by atoms with van der Waals surface area (Å²) >= 11 is 0. The molecule has 5 atom stereocenters. The van der Waals surface area contributed by atoms with E-state index in [0.717, 1.165) is 37.9 Å². The fourth-order valence-corrected chi connectivity index (χ4v) is 5.92. The average Bonchev–Trinajstić information content (AvgIpc) is 3.29. The second-order valence-electron chi connectivity index (χ2n) is 8.61. The Balaban J connectivity index is 1.40. The van der Waals surface area contributed by atoms with Crippen molar-refractivity contribution in [3.8, 4) is 5.82 Å². The molecule has 3 bridgehead atoms. The molecule has 5 rings (SSSR count). The molecule has 3 aliphatic carbocycles. The van der Waals surface area contributed by atoms with Crippen LogP contribution in [-0.2, 0) is 7.05 Å². The number of hydrogen-bond acceptors (Lipinski definition) is 3. The number of carbonyl (C=O) groups excluding carboxylic acids is 1. The number of rotatable bonds is 3. The number of aryl methyl sites for hydroxylation is 1. The summed E-state index contributed by atoms with van der Waals surface area (Å²) in [5.74, 6) is 2.43. The number of carbonyl (C=O) groups is 1. The van der Waals surface area contributed by atoms with Gasteiger partial charge in [-0.05, 0) is 68.4 Å². The van der Waals surface area contributed by atoms with E-state index in [2.05, 4.69) is 10.4 Å². The minimum absolute atomic E-state index is 0.0555. The van der Waals surface area contributed by atoms with Gasteiger partial charge in [-0.1, -0.05) is 0 Å². The number of fused-ring (bicyclic) bond motifs is 2. The number of nitrogens with zero attached hydrogens (tertiary/aromatic N) is 3. The molecule has 3 fully saturated rings. The molecule has 0 aliphatic heterocycles. The van der Waals surface area contributed by atoms with Crippen molar-refractivity contribution in [3.05, 3.63) is 36.3 Å². The summed E-state index contributed by atoms with van der Waals surface area (Å²) in [6.45, 7) is 0. The average molecular weight is 354 g/mol. The number of nitrogens with one attached hydrogen (secondary N) is 1. The van der Waals surface area contributed by atoms with Crippen LogP contribution in [0.15, 0.2) is 30.7 Å². The van der Waals surface area contributed by atoms with Crippen LogP contribution in [-0.4, -0.2) is 37.0 Å². The van der Waals surface area contributed by atoms with Crippen molar-refractivity contribution >= 4 is 5.91 Å². The van der Waals surface area contributed by atoms with Crippen LogP contribution in [0, 0.1) is 17.8 Å². The van der Waals surface area contributed by atoms with Gasteiger partial charge < -0.3 is 15.0 Å². The van der Waals surface area contributed by atoms with Crippen molar-refractivity contribution in [2.45, 2.75) is 50.2 Å². The van der Waals surface area contributed by atoms with Crippen molar-refractivity contribution in [2.75, 3.05) is 0 Å². The molecule has 2 aromatic rings. The Hall–Kier alpha value is -2.08. The van der Waals surface area contributed by atoms with Gasteiger partial charge in [0.1, 0.15) is 11.4 Å². The van der Waals surface area contributed by atoms with Gasteiger partial charge in [0.25, 0.3) is 5.91 Å². The molecule has 0 aromatic carbocycles. The molecule has 2 N–H and O–H groups in total. The van der Waals surface area contributed by atoms with E-state index in [1.807, 2.05) is 36.1 Å². The molecule has 2 aromatic heterocycles. The third kappa shape index (κ3) is 2.50. The van der Waals surface area contributed by atoms with Crippen LogP contribution < -0.4 is 5.32 Å². The molecule has 3 saturated carbocycles. The topological polar surface area (TPSA) is 72.1 Å².